The molecule has 1 spiro atoms. The Hall–Kier alpha value is -3.20. The maximum absolute atomic E-state index is 16.0. The van der Waals surface area contributed by atoms with E-state index >= 15 is 3.89 Å². The average molecular weight is 551 g/mol. The van der Waals surface area contributed by atoms with Gasteiger partial charge in [0.05, 0.1) is 24.8 Å². The van der Waals surface area contributed by atoms with Crippen molar-refractivity contribution in [2.24, 2.45) is 5.92 Å². The van der Waals surface area contributed by atoms with Crippen LogP contribution >= 0.6 is 10.4 Å². The lowest BCUT2D eigenvalue weighted by Gasteiger charge is -2.35. The Morgan fingerprint density at radius 1 is 1.03 bits per heavy atom. The molecule has 0 aliphatic carbocycles. The van der Waals surface area contributed by atoms with Crippen LogP contribution in [0.5, 0.6) is 0 Å². The van der Waals surface area contributed by atoms with Crippen molar-refractivity contribution < 1.29 is 23.3 Å². The van der Waals surface area contributed by atoms with Crippen molar-refractivity contribution in [3.63, 3.8) is 0 Å². The predicted octanol–water partition coefficient (Wildman–Crippen LogP) is 5.32. The van der Waals surface area contributed by atoms with Crippen molar-refractivity contribution in [1.29, 1.82) is 0 Å². The number of aliphatic hydroxyl groups excluding tert-OH is 1. The third-order valence-corrected chi connectivity index (χ3v) is 9.89. The molecule has 0 bridgehead atoms. The van der Waals surface area contributed by atoms with Gasteiger partial charge in [-0.25, -0.2) is 0 Å². The number of benzene rings is 3. The van der Waals surface area contributed by atoms with Crippen LogP contribution in [0.4, 0.5) is 15.3 Å². The number of hydrogen-bond donors (Lipinski definition) is 1. The lowest BCUT2D eigenvalue weighted by molar-refractivity contribution is -0.149. The monoisotopic (exact) mass is 550 g/mol. The molecule has 0 saturated carbocycles. The predicted molar refractivity (Wildman–Crippen MR) is 154 cm³/mol. The first kappa shape index (κ1) is 27.4. The van der Waals surface area contributed by atoms with E-state index in [1.54, 1.807) is 22.3 Å². The van der Waals surface area contributed by atoms with E-state index in [9.17, 15) is 14.7 Å². The zero-order valence-corrected chi connectivity index (χ0v) is 23.3. The molecule has 1 fully saturated rings. The SMILES string of the molecule is C[C@@H]1[C@@H](S(C)(C)F)[C@H](CC(=O)N(CCO)Cc2ccccc2)O[C@@]12C(=O)N(c1ccccc1)c1ccccc12. The fourth-order valence-corrected chi connectivity index (χ4v) is 8.29. The Morgan fingerprint density at radius 3 is 2.28 bits per heavy atom. The number of hydrogen-bond acceptors (Lipinski definition) is 4. The number of anilines is 2. The zero-order chi connectivity index (χ0) is 27.8. The van der Waals surface area contributed by atoms with Crippen molar-refractivity contribution in [3.05, 3.63) is 96.1 Å². The molecule has 3 aromatic carbocycles. The van der Waals surface area contributed by atoms with Crippen LogP contribution in [-0.2, 0) is 26.5 Å². The van der Waals surface area contributed by atoms with Gasteiger partial charge in [0.1, 0.15) is 0 Å². The molecule has 2 heterocycles. The molecule has 0 unspecified atom stereocenters. The number of carbonyl (C=O) groups is 2. The molecule has 2 aliphatic rings. The first-order valence-corrected chi connectivity index (χ1v) is 15.6. The number of amides is 2. The number of nitrogens with zero attached hydrogens (tertiary/aromatic N) is 2. The standard InChI is InChI=1S/C31H35FN2O4S/c1-22-29(39(2,3)32)27(20-28(36)33(18-19-35)21-23-12-6-4-7-13-23)38-31(22)25-16-10-11-17-26(25)34(30(31)37)24-14-8-5-9-15-24/h4-17,22,27,29,35H,18-21H2,1-3H3/t22-,27+,29-,31+/m1/s1. The summed E-state index contributed by atoms with van der Waals surface area (Å²) in [6, 6.07) is 26.4. The third-order valence-electron chi connectivity index (χ3n) is 7.88. The highest BCUT2D eigenvalue weighted by molar-refractivity contribution is 8.29. The van der Waals surface area contributed by atoms with Gasteiger partial charge in [0.15, 0.2) is 5.60 Å². The Morgan fingerprint density at radius 2 is 1.64 bits per heavy atom. The normalized spacial score (nSPS) is 24.7. The summed E-state index contributed by atoms with van der Waals surface area (Å²) >= 11 is 0. The van der Waals surface area contributed by atoms with Gasteiger partial charge in [0.2, 0.25) is 5.91 Å². The largest absolute Gasteiger partial charge is 0.395 e. The molecule has 2 aliphatic heterocycles. The van der Waals surface area contributed by atoms with Gasteiger partial charge >= 0.3 is 0 Å². The first-order chi connectivity index (χ1) is 18.7. The van der Waals surface area contributed by atoms with Gasteiger partial charge in [-0.15, -0.1) is 0 Å². The van der Waals surface area contributed by atoms with Crippen LogP contribution in [-0.4, -0.2) is 58.8 Å². The van der Waals surface area contributed by atoms with Gasteiger partial charge in [0.25, 0.3) is 5.91 Å². The van der Waals surface area contributed by atoms with Crippen LogP contribution in [0.25, 0.3) is 0 Å². The highest BCUT2D eigenvalue weighted by atomic mass is 32.3. The molecule has 5 rings (SSSR count). The summed E-state index contributed by atoms with van der Waals surface area (Å²) in [5, 5.41) is 9.03. The van der Waals surface area contributed by atoms with E-state index in [-0.39, 0.29) is 31.4 Å². The number of rotatable bonds is 8. The summed E-state index contributed by atoms with van der Waals surface area (Å²) in [6.45, 7) is 2.17. The summed E-state index contributed by atoms with van der Waals surface area (Å²) in [5.74, 6) is -1.01. The van der Waals surface area contributed by atoms with E-state index < -0.39 is 33.3 Å². The molecule has 1 N–H and O–H groups in total. The minimum absolute atomic E-state index is 0.0786. The van der Waals surface area contributed by atoms with Gasteiger partial charge in [-0.1, -0.05) is 84.1 Å². The molecule has 206 valence electrons. The van der Waals surface area contributed by atoms with E-state index in [4.69, 9.17) is 4.74 Å². The molecular weight excluding hydrogens is 515 g/mol. The van der Waals surface area contributed by atoms with Crippen molar-refractivity contribution >= 4 is 33.6 Å². The molecule has 0 radical (unpaired) electrons. The number of fused-ring (bicyclic) bond motifs is 2. The first-order valence-electron chi connectivity index (χ1n) is 13.2. The van der Waals surface area contributed by atoms with Gasteiger partial charge < -0.3 is 14.7 Å². The molecule has 6 nitrogen and oxygen atoms in total. The molecule has 2 amide bonds. The molecule has 39 heavy (non-hydrogen) atoms. The van der Waals surface area contributed by atoms with Crippen LogP contribution in [0, 0.1) is 5.92 Å². The molecule has 0 aromatic heterocycles. The van der Waals surface area contributed by atoms with Crippen molar-refractivity contribution in [2.75, 3.05) is 30.6 Å². The molecule has 3 aromatic rings. The maximum atomic E-state index is 16.0. The smallest absolute Gasteiger partial charge is 0.268 e. The Bertz CT molecular complexity index is 1330. The second-order valence-electron chi connectivity index (χ2n) is 10.6. The minimum atomic E-state index is -2.73. The molecular formula is C31H35FN2O4S. The van der Waals surface area contributed by atoms with Crippen LogP contribution < -0.4 is 4.90 Å². The fraction of sp³-hybridized carbons (Fsp3) is 0.355. The number of aliphatic hydroxyl groups is 1. The lowest BCUT2D eigenvalue weighted by Crippen LogP contribution is -2.43. The van der Waals surface area contributed by atoms with Crippen LogP contribution in [0.1, 0.15) is 24.5 Å². The van der Waals surface area contributed by atoms with Gasteiger partial charge in [0, 0.05) is 35.5 Å². The van der Waals surface area contributed by atoms with Crippen LogP contribution in [0.15, 0.2) is 84.9 Å². The average Bonchev–Trinajstić information content (AvgIpc) is 3.35. The second kappa shape index (κ2) is 10.8. The number of para-hydroxylation sites is 2. The third kappa shape index (κ3) is 4.86. The van der Waals surface area contributed by atoms with Crippen molar-refractivity contribution in [1.82, 2.24) is 4.90 Å². The van der Waals surface area contributed by atoms with E-state index in [1.165, 1.54) is 0 Å². The summed E-state index contributed by atoms with van der Waals surface area (Å²) in [5.41, 5.74) is 1.65. The van der Waals surface area contributed by atoms with E-state index in [1.807, 2.05) is 91.9 Å². The number of halogens is 1. The highest BCUT2D eigenvalue weighted by Crippen LogP contribution is 2.64. The highest BCUT2D eigenvalue weighted by Gasteiger charge is 2.66. The maximum Gasteiger partial charge on any atom is 0.268 e. The molecule has 4 atom stereocenters. The number of ether oxygens (including phenoxy) is 1. The topological polar surface area (TPSA) is 70.1 Å². The van der Waals surface area contributed by atoms with Gasteiger partial charge in [-0.2, -0.15) is 3.89 Å². The van der Waals surface area contributed by atoms with Crippen molar-refractivity contribution in [3.8, 4) is 0 Å². The lowest BCUT2D eigenvalue weighted by atomic mass is 9.82. The summed E-state index contributed by atoms with van der Waals surface area (Å²) in [6.07, 6.45) is 2.27. The van der Waals surface area contributed by atoms with Crippen LogP contribution in [0.3, 0.4) is 0 Å². The minimum Gasteiger partial charge on any atom is -0.395 e. The second-order valence-corrected chi connectivity index (χ2v) is 13.7. The van der Waals surface area contributed by atoms with Crippen LogP contribution in [0.2, 0.25) is 0 Å². The fourth-order valence-electron chi connectivity index (χ4n) is 6.25. The van der Waals surface area contributed by atoms with Gasteiger partial charge in [-0.3, -0.25) is 14.5 Å². The van der Waals surface area contributed by atoms with E-state index in [0.29, 0.717) is 23.5 Å². The molecule has 8 heteroatoms. The Labute approximate surface area is 231 Å². The quantitative estimate of drug-likeness (QED) is 0.412. The zero-order valence-electron chi connectivity index (χ0n) is 22.5. The number of carbonyl (C=O) groups excluding carboxylic acids is 2. The summed E-state index contributed by atoms with van der Waals surface area (Å²) in [4.78, 5) is 31.2. The van der Waals surface area contributed by atoms with E-state index in [2.05, 4.69) is 0 Å². The molecule has 1 saturated heterocycles. The summed E-state index contributed by atoms with van der Waals surface area (Å²) in [7, 11) is -2.73. The van der Waals surface area contributed by atoms with Gasteiger partial charge in [-0.05, 0) is 36.3 Å². The summed E-state index contributed by atoms with van der Waals surface area (Å²) < 4.78 is 22.7. The Kier molecular flexibility index (Phi) is 7.55. The van der Waals surface area contributed by atoms with Crippen molar-refractivity contribution in [2.45, 2.75) is 36.8 Å². The van der Waals surface area contributed by atoms with E-state index in [0.717, 1.165) is 5.56 Å². The Balaban J connectivity index is 1.51.